The van der Waals surface area contributed by atoms with E-state index in [0.29, 0.717) is 0 Å². The second-order valence-corrected chi connectivity index (χ2v) is 8.94. The summed E-state index contributed by atoms with van der Waals surface area (Å²) in [5.41, 5.74) is 8.04. The molecule has 186 valence electrons. The van der Waals surface area contributed by atoms with E-state index in [2.05, 4.69) is 40.9 Å². The number of aliphatic hydroxyl groups excluding tert-OH is 2. The Hall–Kier alpha value is -3.01. The van der Waals surface area contributed by atoms with Gasteiger partial charge in [0.15, 0.2) is 0 Å². The Balaban J connectivity index is 1.19. The minimum absolute atomic E-state index is 0.126. The van der Waals surface area contributed by atoms with Crippen LogP contribution in [-0.4, -0.2) is 52.3 Å². The fraction of sp³-hybridized carbons (Fsp3) is 0.370. The molecule has 0 saturated carbocycles. The lowest BCUT2D eigenvalue weighted by atomic mass is 10.0. The van der Waals surface area contributed by atoms with E-state index >= 15 is 0 Å². The molecule has 4 rings (SSSR count). The van der Waals surface area contributed by atoms with Gasteiger partial charge in [0.25, 0.3) is 5.91 Å². The molecule has 8 nitrogen and oxygen atoms in total. The first-order valence-electron chi connectivity index (χ1n) is 11.9. The average Bonchev–Trinajstić information content (AvgIpc) is 3.17. The fourth-order valence-corrected chi connectivity index (χ4v) is 4.22. The van der Waals surface area contributed by atoms with Gasteiger partial charge >= 0.3 is 0 Å². The van der Waals surface area contributed by atoms with E-state index in [-0.39, 0.29) is 6.42 Å². The van der Waals surface area contributed by atoms with Crippen LogP contribution in [0.4, 0.5) is 0 Å². The number of aliphatic hydroxyl groups is 2. The monoisotopic (exact) mass is 479 g/mol. The highest BCUT2D eigenvalue weighted by Gasteiger charge is 2.35. The van der Waals surface area contributed by atoms with Crippen LogP contribution in [0, 0.1) is 6.92 Å². The minimum Gasteiger partial charge on any atom is -0.390 e. The summed E-state index contributed by atoms with van der Waals surface area (Å²) in [6, 6.07) is 16.3. The molecular weight excluding hydrogens is 446 g/mol. The number of H-pyrrole nitrogens is 1. The number of hydrogen-bond acceptors (Lipinski definition) is 6. The molecule has 1 fully saturated rings. The van der Waals surface area contributed by atoms with Crippen molar-refractivity contribution < 1.29 is 24.6 Å². The van der Waals surface area contributed by atoms with Crippen molar-refractivity contribution in [2.75, 3.05) is 6.54 Å². The maximum absolute atomic E-state index is 12.0. The van der Waals surface area contributed by atoms with Gasteiger partial charge in [-0.25, -0.2) is 10.3 Å². The number of hydrogen-bond donors (Lipinski definition) is 5. The van der Waals surface area contributed by atoms with Crippen LogP contribution in [0.15, 0.2) is 54.6 Å². The van der Waals surface area contributed by atoms with Gasteiger partial charge in [0.05, 0.1) is 12.2 Å². The van der Waals surface area contributed by atoms with E-state index in [4.69, 9.17) is 9.57 Å². The van der Waals surface area contributed by atoms with Crippen LogP contribution in [0.1, 0.15) is 35.7 Å². The number of aromatic amines is 1. The Labute approximate surface area is 204 Å². The number of para-hydroxylation sites is 1. The highest BCUT2D eigenvalue weighted by atomic mass is 16.8. The number of carbonyl (C=O) groups is 1. The minimum atomic E-state index is -1.02. The quantitative estimate of drug-likeness (QED) is 0.183. The van der Waals surface area contributed by atoms with Crippen LogP contribution in [-0.2, 0) is 27.3 Å². The molecule has 0 radical (unpaired) electrons. The van der Waals surface area contributed by atoms with Crippen LogP contribution in [0.25, 0.3) is 17.0 Å². The van der Waals surface area contributed by atoms with Gasteiger partial charge in [-0.15, -0.1) is 0 Å². The van der Waals surface area contributed by atoms with Crippen LogP contribution in [0.3, 0.4) is 0 Å². The summed E-state index contributed by atoms with van der Waals surface area (Å²) in [5.74, 6) is -0.474. The third-order valence-electron chi connectivity index (χ3n) is 6.28. The van der Waals surface area contributed by atoms with E-state index in [1.165, 1.54) is 28.2 Å². The number of hydroxylamine groups is 1. The zero-order valence-corrected chi connectivity index (χ0v) is 20.0. The van der Waals surface area contributed by atoms with Gasteiger partial charge < -0.3 is 25.3 Å². The van der Waals surface area contributed by atoms with Gasteiger partial charge in [0, 0.05) is 35.6 Å². The van der Waals surface area contributed by atoms with Crippen molar-refractivity contribution in [3.05, 3.63) is 77.0 Å². The van der Waals surface area contributed by atoms with Crippen LogP contribution in [0.5, 0.6) is 0 Å². The van der Waals surface area contributed by atoms with Crippen molar-refractivity contribution in [2.45, 2.75) is 57.8 Å². The number of fused-ring (bicyclic) bond motifs is 1. The zero-order chi connectivity index (χ0) is 24.8. The molecule has 8 heteroatoms. The van der Waals surface area contributed by atoms with E-state index in [9.17, 15) is 15.0 Å². The number of nitrogens with one attached hydrogen (secondary N) is 3. The van der Waals surface area contributed by atoms with Crippen molar-refractivity contribution in [3.8, 4) is 0 Å². The molecule has 0 spiro atoms. The summed E-state index contributed by atoms with van der Waals surface area (Å²) in [4.78, 5) is 20.6. The lowest BCUT2D eigenvalue weighted by Gasteiger charge is -2.34. The third-order valence-corrected chi connectivity index (χ3v) is 6.28. The van der Waals surface area contributed by atoms with Crippen LogP contribution >= 0.6 is 0 Å². The Morgan fingerprint density at radius 3 is 2.74 bits per heavy atom. The van der Waals surface area contributed by atoms with Crippen molar-refractivity contribution in [3.63, 3.8) is 0 Å². The summed E-state index contributed by atoms with van der Waals surface area (Å²) in [5, 5.41) is 24.4. The largest absolute Gasteiger partial charge is 0.390 e. The molecule has 1 unspecified atom stereocenters. The second kappa shape index (κ2) is 11.6. The second-order valence-electron chi connectivity index (χ2n) is 8.94. The van der Waals surface area contributed by atoms with E-state index in [1.807, 2.05) is 30.3 Å². The summed E-state index contributed by atoms with van der Waals surface area (Å²) in [6.45, 7) is 5.43. The molecule has 0 bridgehead atoms. The van der Waals surface area contributed by atoms with Crippen molar-refractivity contribution >= 4 is 22.9 Å². The topological polar surface area (TPSA) is 116 Å². The normalized spacial score (nSPS) is 22.6. The summed E-state index contributed by atoms with van der Waals surface area (Å²) < 4.78 is 5.35. The lowest BCUT2D eigenvalue weighted by Crippen LogP contribution is -2.49. The van der Waals surface area contributed by atoms with E-state index < -0.39 is 30.5 Å². The Kier molecular flexibility index (Phi) is 8.33. The molecule has 5 N–H and O–H groups in total. The van der Waals surface area contributed by atoms with E-state index in [0.717, 1.165) is 30.6 Å². The average molecular weight is 480 g/mol. The van der Waals surface area contributed by atoms with Crippen molar-refractivity contribution in [1.29, 1.82) is 0 Å². The summed E-state index contributed by atoms with van der Waals surface area (Å²) >= 11 is 0. The molecule has 1 aromatic heterocycles. The standard InChI is InChI=1S/C27H33N3O5/c1-17-21(22-5-3-4-6-23(22)29-17)13-14-28-16-20-9-7-19(8-10-20)11-12-26(33)30-35-27-25(32)15-24(31)18(2)34-27/h3-12,18,24-25,27-29,31-32H,13-16H2,1-2H3,(H,30,33)/b12-11+/t18-,24?,25-,27+/m1/s1. The molecule has 3 aromatic rings. The number of benzene rings is 2. The zero-order valence-electron chi connectivity index (χ0n) is 20.0. The lowest BCUT2D eigenvalue weighted by molar-refractivity contribution is -0.277. The van der Waals surface area contributed by atoms with Gasteiger partial charge in [-0.1, -0.05) is 42.5 Å². The molecule has 4 atom stereocenters. The molecule has 1 aliphatic heterocycles. The third kappa shape index (κ3) is 6.56. The van der Waals surface area contributed by atoms with Gasteiger partial charge in [-0.3, -0.25) is 4.79 Å². The number of ether oxygens (including phenoxy) is 1. The summed E-state index contributed by atoms with van der Waals surface area (Å²) in [6.07, 6.45) is 0.835. The number of carbonyl (C=O) groups excluding carboxylic acids is 1. The van der Waals surface area contributed by atoms with Crippen LogP contribution in [0.2, 0.25) is 0 Å². The summed E-state index contributed by atoms with van der Waals surface area (Å²) in [7, 11) is 0. The smallest absolute Gasteiger partial charge is 0.267 e. The molecular formula is C27H33N3O5. The number of rotatable bonds is 9. The SMILES string of the molecule is Cc1[nH]c2ccccc2c1CCNCc1ccc(/C=C/C(=O)NO[C@@H]2O[C@H](C)C(O)C[C@H]2O)cc1. The number of aromatic nitrogens is 1. The first-order valence-corrected chi connectivity index (χ1v) is 11.9. The van der Waals surface area contributed by atoms with Gasteiger partial charge in [-0.05, 0) is 55.6 Å². The number of amides is 1. The first kappa shape index (κ1) is 25.1. The van der Waals surface area contributed by atoms with Crippen molar-refractivity contribution in [1.82, 2.24) is 15.8 Å². The molecule has 1 saturated heterocycles. The Morgan fingerprint density at radius 1 is 1.17 bits per heavy atom. The molecule has 0 aliphatic carbocycles. The fourth-order valence-electron chi connectivity index (χ4n) is 4.22. The van der Waals surface area contributed by atoms with Gasteiger partial charge in [0.2, 0.25) is 6.29 Å². The molecule has 2 aromatic carbocycles. The number of aryl methyl sites for hydroxylation is 1. The predicted octanol–water partition coefficient (Wildman–Crippen LogP) is 2.73. The molecule has 35 heavy (non-hydrogen) atoms. The predicted molar refractivity (Wildman–Crippen MR) is 134 cm³/mol. The maximum Gasteiger partial charge on any atom is 0.267 e. The van der Waals surface area contributed by atoms with Crippen LogP contribution < -0.4 is 10.8 Å². The van der Waals surface area contributed by atoms with E-state index in [1.54, 1.807) is 13.0 Å². The van der Waals surface area contributed by atoms with Gasteiger partial charge in [-0.2, -0.15) is 0 Å². The highest BCUT2D eigenvalue weighted by molar-refractivity contribution is 5.91. The molecule has 1 aliphatic rings. The Morgan fingerprint density at radius 2 is 1.94 bits per heavy atom. The van der Waals surface area contributed by atoms with Crippen molar-refractivity contribution in [2.24, 2.45) is 0 Å². The highest BCUT2D eigenvalue weighted by Crippen LogP contribution is 2.22. The maximum atomic E-state index is 12.0. The Bertz CT molecular complexity index is 1160. The molecule has 2 heterocycles. The van der Waals surface area contributed by atoms with Gasteiger partial charge in [0.1, 0.15) is 6.10 Å². The molecule has 1 amide bonds. The first-order chi connectivity index (χ1) is 16.9.